The largest absolute Gasteiger partial charge is 0.397 e. The van der Waals surface area contributed by atoms with Gasteiger partial charge < -0.3 is 11.5 Å². The summed E-state index contributed by atoms with van der Waals surface area (Å²) in [4.78, 5) is 8.22. The zero-order valence-electron chi connectivity index (χ0n) is 9.67. The quantitative estimate of drug-likeness (QED) is 0.636. The van der Waals surface area contributed by atoms with Crippen LogP contribution in [0.3, 0.4) is 0 Å². The second-order valence-electron chi connectivity index (χ2n) is 4.14. The van der Waals surface area contributed by atoms with Crippen LogP contribution in [-0.2, 0) is 0 Å². The molecular weight excluding hydrogens is 224 g/mol. The zero-order chi connectivity index (χ0) is 12.5. The average molecular weight is 236 g/mol. The molecule has 0 aliphatic heterocycles. The Morgan fingerprint density at radius 2 is 1.61 bits per heavy atom. The van der Waals surface area contributed by atoms with Gasteiger partial charge in [0.25, 0.3) is 0 Å². The van der Waals surface area contributed by atoms with Crippen LogP contribution in [0.5, 0.6) is 0 Å². The Hall–Kier alpha value is -2.62. The number of hydrogen-bond donors (Lipinski definition) is 2. The molecule has 0 atom stereocenters. The predicted octanol–water partition coefficient (Wildman–Crippen LogP) is 2.46. The molecule has 0 saturated heterocycles. The number of rotatable bonds is 1. The first-order valence-electron chi connectivity index (χ1n) is 5.59. The van der Waals surface area contributed by atoms with Crippen LogP contribution in [0.15, 0.2) is 48.9 Å². The van der Waals surface area contributed by atoms with E-state index in [0.717, 1.165) is 22.0 Å². The second-order valence-corrected chi connectivity index (χ2v) is 4.14. The minimum atomic E-state index is 0.594. The van der Waals surface area contributed by atoms with Crippen molar-refractivity contribution in [3.8, 4) is 11.1 Å². The van der Waals surface area contributed by atoms with Crippen LogP contribution in [0.25, 0.3) is 22.0 Å². The third kappa shape index (κ3) is 1.73. The van der Waals surface area contributed by atoms with Gasteiger partial charge in [-0.2, -0.15) is 0 Å². The highest BCUT2D eigenvalue weighted by atomic mass is 14.8. The molecule has 4 N–H and O–H groups in total. The monoisotopic (exact) mass is 236 g/mol. The second kappa shape index (κ2) is 4.00. The Morgan fingerprint density at radius 1 is 0.833 bits per heavy atom. The molecule has 0 saturated carbocycles. The Bertz CT molecular complexity index is 722. The molecule has 0 fully saturated rings. The summed E-state index contributed by atoms with van der Waals surface area (Å²) in [5.41, 5.74) is 15.8. The van der Waals surface area contributed by atoms with Crippen molar-refractivity contribution in [2.24, 2.45) is 0 Å². The molecule has 0 bridgehead atoms. The van der Waals surface area contributed by atoms with Crippen molar-refractivity contribution in [2.75, 3.05) is 11.5 Å². The Kier molecular flexibility index (Phi) is 2.34. The summed E-state index contributed by atoms with van der Waals surface area (Å²) in [7, 11) is 0. The molecule has 4 heteroatoms. The van der Waals surface area contributed by atoms with Crippen molar-refractivity contribution >= 4 is 22.3 Å². The molecule has 0 amide bonds. The third-order valence-electron chi connectivity index (χ3n) is 2.92. The van der Waals surface area contributed by atoms with Crippen LogP contribution < -0.4 is 11.5 Å². The first kappa shape index (κ1) is 10.5. The molecule has 0 spiro atoms. The van der Waals surface area contributed by atoms with E-state index in [0.29, 0.717) is 11.4 Å². The lowest BCUT2D eigenvalue weighted by atomic mass is 10.0. The van der Waals surface area contributed by atoms with Gasteiger partial charge in [-0.3, -0.25) is 0 Å². The minimum Gasteiger partial charge on any atom is -0.397 e. The lowest BCUT2D eigenvalue weighted by Gasteiger charge is -2.06. The van der Waals surface area contributed by atoms with Gasteiger partial charge in [0.15, 0.2) is 0 Å². The van der Waals surface area contributed by atoms with E-state index in [9.17, 15) is 0 Å². The molecule has 0 aliphatic carbocycles. The molecule has 4 nitrogen and oxygen atoms in total. The van der Waals surface area contributed by atoms with Gasteiger partial charge in [-0.1, -0.05) is 12.1 Å². The fourth-order valence-corrected chi connectivity index (χ4v) is 1.92. The smallest absolute Gasteiger partial charge is 0.116 e. The minimum absolute atomic E-state index is 0.594. The normalized spacial score (nSPS) is 10.7. The number of aromatic nitrogens is 2. The van der Waals surface area contributed by atoms with E-state index in [1.165, 1.54) is 0 Å². The summed E-state index contributed by atoms with van der Waals surface area (Å²) in [5, 5.41) is 1.00. The van der Waals surface area contributed by atoms with E-state index in [2.05, 4.69) is 9.97 Å². The Labute approximate surface area is 104 Å². The number of anilines is 2. The molecule has 3 rings (SSSR count). The number of fused-ring (bicyclic) bond motifs is 1. The highest BCUT2D eigenvalue weighted by molar-refractivity contribution is 5.85. The summed E-state index contributed by atoms with van der Waals surface area (Å²) >= 11 is 0. The van der Waals surface area contributed by atoms with Gasteiger partial charge in [0.1, 0.15) is 6.33 Å². The van der Waals surface area contributed by atoms with Crippen molar-refractivity contribution in [3.05, 3.63) is 48.9 Å². The van der Waals surface area contributed by atoms with Crippen molar-refractivity contribution in [1.29, 1.82) is 0 Å². The van der Waals surface area contributed by atoms with Gasteiger partial charge >= 0.3 is 0 Å². The topological polar surface area (TPSA) is 77.8 Å². The molecule has 3 aromatic rings. The van der Waals surface area contributed by atoms with Crippen molar-refractivity contribution in [2.45, 2.75) is 0 Å². The van der Waals surface area contributed by atoms with Gasteiger partial charge in [0.05, 0.1) is 16.9 Å². The molecule has 0 radical (unpaired) electrons. The van der Waals surface area contributed by atoms with Crippen LogP contribution in [0.4, 0.5) is 11.4 Å². The number of nitrogens with two attached hydrogens (primary N) is 2. The number of hydrogen-bond acceptors (Lipinski definition) is 4. The van der Waals surface area contributed by atoms with Crippen molar-refractivity contribution in [3.63, 3.8) is 0 Å². The summed E-state index contributed by atoms with van der Waals surface area (Å²) in [6.45, 7) is 0. The number of nitrogen functional groups attached to an aromatic ring is 2. The Balaban J connectivity index is 2.16. The fourth-order valence-electron chi connectivity index (χ4n) is 1.92. The molecule has 88 valence electrons. The van der Waals surface area contributed by atoms with Crippen LogP contribution in [0, 0.1) is 0 Å². The van der Waals surface area contributed by atoms with E-state index < -0.39 is 0 Å². The maximum atomic E-state index is 5.82. The van der Waals surface area contributed by atoms with Gasteiger partial charge in [-0.15, -0.1) is 0 Å². The maximum absolute atomic E-state index is 5.82. The SMILES string of the molecule is Nc1ccc(-c2ccc3ncncc3c2)cc1N. The van der Waals surface area contributed by atoms with Gasteiger partial charge in [-0.05, 0) is 35.4 Å². The summed E-state index contributed by atoms with van der Waals surface area (Å²) in [5.74, 6) is 0. The van der Waals surface area contributed by atoms with Crippen LogP contribution in [-0.4, -0.2) is 9.97 Å². The van der Waals surface area contributed by atoms with Crippen molar-refractivity contribution < 1.29 is 0 Å². The molecule has 2 aromatic carbocycles. The highest BCUT2D eigenvalue weighted by Gasteiger charge is 2.02. The van der Waals surface area contributed by atoms with Crippen LogP contribution >= 0.6 is 0 Å². The lowest BCUT2D eigenvalue weighted by Crippen LogP contribution is -1.94. The average Bonchev–Trinajstić information content (AvgIpc) is 2.41. The standard InChI is InChI=1S/C14H12N4/c15-12-3-1-10(6-13(12)16)9-2-4-14-11(5-9)7-17-8-18-14/h1-8H,15-16H2. The van der Waals surface area contributed by atoms with Crippen LogP contribution in [0.2, 0.25) is 0 Å². The molecule has 18 heavy (non-hydrogen) atoms. The number of benzene rings is 2. The van der Waals surface area contributed by atoms with Crippen molar-refractivity contribution in [1.82, 2.24) is 9.97 Å². The molecule has 1 aromatic heterocycles. The predicted molar refractivity (Wildman–Crippen MR) is 73.8 cm³/mol. The van der Waals surface area contributed by atoms with E-state index in [1.807, 2.05) is 36.4 Å². The van der Waals surface area contributed by atoms with Gasteiger partial charge in [0, 0.05) is 11.6 Å². The van der Waals surface area contributed by atoms with E-state index >= 15 is 0 Å². The number of nitrogens with zero attached hydrogens (tertiary/aromatic N) is 2. The zero-order valence-corrected chi connectivity index (χ0v) is 9.67. The molecular formula is C14H12N4. The van der Waals surface area contributed by atoms with Crippen LogP contribution in [0.1, 0.15) is 0 Å². The Morgan fingerprint density at radius 3 is 2.44 bits per heavy atom. The van der Waals surface area contributed by atoms with E-state index in [4.69, 9.17) is 11.5 Å². The van der Waals surface area contributed by atoms with E-state index in [-0.39, 0.29) is 0 Å². The summed E-state index contributed by atoms with van der Waals surface area (Å²) < 4.78 is 0. The third-order valence-corrected chi connectivity index (χ3v) is 2.92. The van der Waals surface area contributed by atoms with E-state index in [1.54, 1.807) is 12.5 Å². The first-order valence-corrected chi connectivity index (χ1v) is 5.59. The lowest BCUT2D eigenvalue weighted by molar-refractivity contribution is 1.22. The summed E-state index contributed by atoms with van der Waals surface area (Å²) in [6, 6.07) is 11.7. The molecule has 1 heterocycles. The maximum Gasteiger partial charge on any atom is 0.116 e. The van der Waals surface area contributed by atoms with Gasteiger partial charge in [-0.25, -0.2) is 9.97 Å². The van der Waals surface area contributed by atoms with Gasteiger partial charge in [0.2, 0.25) is 0 Å². The fraction of sp³-hybridized carbons (Fsp3) is 0. The molecule has 0 aliphatic rings. The highest BCUT2D eigenvalue weighted by Crippen LogP contribution is 2.27. The molecule has 0 unspecified atom stereocenters. The summed E-state index contributed by atoms with van der Waals surface area (Å²) in [6.07, 6.45) is 3.34. The first-order chi connectivity index (χ1) is 8.74.